The first-order valence-corrected chi connectivity index (χ1v) is 9.37. The SMILES string of the molecule is C/C=C1\C=C(/C(=N)OC)COC(=O)NCCC(C)Oc2ccc(NC)c(c2)C1=N. The average Bonchev–Trinajstić information content (AvgIpc) is 2.72. The number of alkyl carbamates (subject to hydrolysis) is 1. The lowest BCUT2D eigenvalue weighted by molar-refractivity contribution is 0.153. The van der Waals surface area contributed by atoms with Crippen molar-refractivity contribution in [1.29, 1.82) is 10.8 Å². The van der Waals surface area contributed by atoms with Crippen LogP contribution in [-0.2, 0) is 9.47 Å². The second kappa shape index (κ2) is 10.3. The Kier molecular flexibility index (Phi) is 7.82. The highest BCUT2D eigenvalue weighted by Crippen LogP contribution is 2.26. The number of rotatable bonds is 2. The number of hydrogen-bond acceptors (Lipinski definition) is 7. The van der Waals surface area contributed by atoms with E-state index in [-0.39, 0.29) is 24.3 Å². The normalized spacial score (nSPS) is 21.4. The Morgan fingerprint density at radius 2 is 2.17 bits per heavy atom. The summed E-state index contributed by atoms with van der Waals surface area (Å²) >= 11 is 0. The van der Waals surface area contributed by atoms with Gasteiger partial charge in [0.2, 0.25) is 5.90 Å². The lowest BCUT2D eigenvalue weighted by Gasteiger charge is -2.17. The van der Waals surface area contributed by atoms with E-state index in [2.05, 4.69) is 10.6 Å². The Balaban J connectivity index is 2.53. The zero-order valence-corrected chi connectivity index (χ0v) is 17.2. The van der Waals surface area contributed by atoms with E-state index in [0.717, 1.165) is 5.69 Å². The van der Waals surface area contributed by atoms with Crippen molar-refractivity contribution in [2.45, 2.75) is 26.4 Å². The molecule has 1 aliphatic rings. The Bertz CT molecular complexity index is 845. The van der Waals surface area contributed by atoms with Gasteiger partial charge in [0.25, 0.3) is 0 Å². The molecule has 8 heteroatoms. The Labute approximate surface area is 170 Å². The van der Waals surface area contributed by atoms with Crippen molar-refractivity contribution in [3.8, 4) is 5.75 Å². The third-order valence-electron chi connectivity index (χ3n) is 4.47. The van der Waals surface area contributed by atoms with Gasteiger partial charge in [0.1, 0.15) is 12.4 Å². The Hall–Kier alpha value is -3.29. The summed E-state index contributed by atoms with van der Waals surface area (Å²) < 4.78 is 16.2. The molecule has 8 nitrogen and oxygen atoms in total. The summed E-state index contributed by atoms with van der Waals surface area (Å²) in [5, 5.41) is 22.5. The van der Waals surface area contributed by atoms with Crippen LogP contribution in [0.5, 0.6) is 5.75 Å². The molecule has 1 aromatic rings. The number of benzene rings is 1. The van der Waals surface area contributed by atoms with Gasteiger partial charge in [-0.25, -0.2) is 4.79 Å². The number of anilines is 1. The van der Waals surface area contributed by atoms with Gasteiger partial charge < -0.3 is 24.8 Å². The first-order chi connectivity index (χ1) is 13.9. The molecule has 0 spiro atoms. The fourth-order valence-corrected chi connectivity index (χ4v) is 2.83. The predicted molar refractivity (Wildman–Crippen MR) is 113 cm³/mol. The summed E-state index contributed by atoms with van der Waals surface area (Å²) in [6.45, 7) is 3.96. The molecule has 0 saturated carbocycles. The van der Waals surface area contributed by atoms with E-state index in [1.165, 1.54) is 7.11 Å². The zero-order chi connectivity index (χ0) is 21.4. The van der Waals surface area contributed by atoms with Crippen LogP contribution >= 0.6 is 0 Å². The number of cyclic esters (lactones) is 1. The van der Waals surface area contributed by atoms with Crippen LogP contribution < -0.4 is 15.4 Å². The highest BCUT2D eigenvalue weighted by atomic mass is 16.5. The van der Waals surface area contributed by atoms with Gasteiger partial charge in [-0.05, 0) is 43.7 Å². The lowest BCUT2D eigenvalue weighted by atomic mass is 9.98. The molecule has 156 valence electrons. The van der Waals surface area contributed by atoms with Gasteiger partial charge in [0.05, 0.1) is 24.5 Å². The summed E-state index contributed by atoms with van der Waals surface area (Å²) in [5.41, 5.74) is 2.60. The minimum Gasteiger partial charge on any atom is -0.491 e. The maximum Gasteiger partial charge on any atom is 0.407 e. The van der Waals surface area contributed by atoms with Gasteiger partial charge in [-0.3, -0.25) is 10.8 Å². The molecule has 4 N–H and O–H groups in total. The molecule has 1 atom stereocenters. The predicted octanol–water partition coefficient (Wildman–Crippen LogP) is 3.49. The van der Waals surface area contributed by atoms with E-state index in [4.69, 9.17) is 25.0 Å². The molecular weight excluding hydrogens is 372 g/mol. The number of nitrogens with one attached hydrogen (secondary N) is 4. The number of carbonyl (C=O) groups is 1. The Morgan fingerprint density at radius 3 is 2.83 bits per heavy atom. The molecule has 29 heavy (non-hydrogen) atoms. The number of carbonyl (C=O) groups excluding carboxylic acids is 1. The molecule has 1 unspecified atom stereocenters. The van der Waals surface area contributed by atoms with E-state index in [1.807, 2.05) is 25.1 Å². The zero-order valence-electron chi connectivity index (χ0n) is 17.2. The van der Waals surface area contributed by atoms with Crippen LogP contribution in [0.2, 0.25) is 0 Å². The van der Waals surface area contributed by atoms with E-state index < -0.39 is 6.09 Å². The van der Waals surface area contributed by atoms with Crippen molar-refractivity contribution >= 4 is 23.4 Å². The minimum absolute atomic E-state index is 0.131. The summed E-state index contributed by atoms with van der Waals surface area (Å²) in [4.78, 5) is 12.0. The van der Waals surface area contributed by atoms with Gasteiger partial charge in [-0.2, -0.15) is 0 Å². The third-order valence-corrected chi connectivity index (χ3v) is 4.47. The quantitative estimate of drug-likeness (QED) is 0.448. The molecule has 1 amide bonds. The molecule has 0 fully saturated rings. The molecule has 0 aromatic heterocycles. The standard InChI is InChI=1S/C21H28N4O4/c1-5-14-10-15(20(23)27-4)12-28-21(26)25-9-8-13(2)29-16-6-7-18(24-3)17(11-16)19(14)22/h5-7,10-11,13,22-24H,8-9,12H2,1-4H3,(H,25,26)/b14-5+,15-10-,22-19?,23-20?. The van der Waals surface area contributed by atoms with Crippen LogP contribution in [0.3, 0.4) is 0 Å². The summed E-state index contributed by atoms with van der Waals surface area (Å²) in [7, 11) is 3.17. The van der Waals surface area contributed by atoms with Crippen LogP contribution in [0.25, 0.3) is 0 Å². The third kappa shape index (κ3) is 5.84. The highest BCUT2D eigenvalue weighted by molar-refractivity contribution is 6.16. The van der Waals surface area contributed by atoms with Crippen molar-refractivity contribution in [3.63, 3.8) is 0 Å². The maximum atomic E-state index is 12.0. The molecule has 1 aliphatic heterocycles. The molecule has 1 heterocycles. The number of hydrogen-bond donors (Lipinski definition) is 4. The summed E-state index contributed by atoms with van der Waals surface area (Å²) in [6, 6.07) is 5.53. The van der Waals surface area contributed by atoms with Crippen molar-refractivity contribution in [2.24, 2.45) is 0 Å². The fourth-order valence-electron chi connectivity index (χ4n) is 2.83. The Morgan fingerprint density at radius 1 is 1.41 bits per heavy atom. The average molecular weight is 400 g/mol. The summed E-state index contributed by atoms with van der Waals surface area (Å²) in [6.07, 6.45) is 3.25. The van der Waals surface area contributed by atoms with Crippen LogP contribution in [0.1, 0.15) is 25.8 Å². The molecule has 2 bridgehead atoms. The van der Waals surface area contributed by atoms with E-state index >= 15 is 0 Å². The van der Waals surface area contributed by atoms with Crippen LogP contribution in [0, 0.1) is 10.8 Å². The van der Waals surface area contributed by atoms with Gasteiger partial charge in [0, 0.05) is 31.3 Å². The smallest absolute Gasteiger partial charge is 0.407 e. The molecule has 1 aromatic carbocycles. The maximum absolute atomic E-state index is 12.0. The number of allylic oxidation sites excluding steroid dienone is 3. The summed E-state index contributed by atoms with van der Waals surface area (Å²) in [5.74, 6) is 0.506. The second-order valence-corrected chi connectivity index (χ2v) is 6.50. The number of amides is 1. The molecule has 0 aliphatic carbocycles. The van der Waals surface area contributed by atoms with Crippen molar-refractivity contribution in [1.82, 2.24) is 5.32 Å². The van der Waals surface area contributed by atoms with E-state index in [1.54, 1.807) is 26.1 Å². The topological polar surface area (TPSA) is 117 Å². The van der Waals surface area contributed by atoms with Crippen molar-refractivity contribution in [3.05, 3.63) is 47.1 Å². The van der Waals surface area contributed by atoms with E-state index in [9.17, 15) is 4.79 Å². The first-order valence-electron chi connectivity index (χ1n) is 9.37. The first kappa shape index (κ1) is 22.0. The second-order valence-electron chi connectivity index (χ2n) is 6.50. The molecular formula is C21H28N4O4. The largest absolute Gasteiger partial charge is 0.491 e. The van der Waals surface area contributed by atoms with Crippen LogP contribution in [0.15, 0.2) is 41.5 Å². The van der Waals surface area contributed by atoms with Gasteiger partial charge in [-0.15, -0.1) is 0 Å². The minimum atomic E-state index is -0.586. The van der Waals surface area contributed by atoms with Crippen LogP contribution in [0.4, 0.5) is 10.5 Å². The van der Waals surface area contributed by atoms with Crippen LogP contribution in [-0.4, -0.2) is 51.1 Å². The van der Waals surface area contributed by atoms with Crippen molar-refractivity contribution < 1.29 is 19.0 Å². The van der Waals surface area contributed by atoms with Gasteiger partial charge >= 0.3 is 6.09 Å². The number of fused-ring (bicyclic) bond motifs is 2. The lowest BCUT2D eigenvalue weighted by Crippen LogP contribution is -2.29. The van der Waals surface area contributed by atoms with Crippen molar-refractivity contribution in [2.75, 3.05) is 32.6 Å². The number of ether oxygens (including phenoxy) is 3. The monoisotopic (exact) mass is 400 g/mol. The highest BCUT2D eigenvalue weighted by Gasteiger charge is 2.17. The molecule has 2 rings (SSSR count). The molecule has 0 radical (unpaired) electrons. The molecule has 0 saturated heterocycles. The number of methoxy groups -OCH3 is 1. The fraction of sp³-hybridized carbons (Fsp3) is 0.381. The van der Waals surface area contributed by atoms with E-state index in [0.29, 0.717) is 35.4 Å². The van der Waals surface area contributed by atoms with Gasteiger partial charge in [-0.1, -0.05) is 6.08 Å². The van der Waals surface area contributed by atoms with Gasteiger partial charge in [0.15, 0.2) is 0 Å².